The average Bonchev–Trinajstić information content (AvgIpc) is 2.73. The lowest BCUT2D eigenvalue weighted by Crippen LogP contribution is -2.53. The first-order valence-corrected chi connectivity index (χ1v) is 13.6. The largest absolute Gasteiger partial charge is 0.352 e. The summed E-state index contributed by atoms with van der Waals surface area (Å²) in [5.74, 6) is -0.902. The molecule has 2 aromatic rings. The molecule has 2 amide bonds. The number of carbonyl (C=O) groups excluding carboxylic acids is 2. The molecule has 0 aliphatic rings. The average molecular weight is 549 g/mol. The minimum Gasteiger partial charge on any atom is -0.352 e. The van der Waals surface area contributed by atoms with Crippen molar-refractivity contribution in [1.29, 1.82) is 0 Å². The summed E-state index contributed by atoms with van der Waals surface area (Å²) in [4.78, 5) is 27.9. The maximum Gasteiger partial charge on any atom is 0.244 e. The van der Waals surface area contributed by atoms with Crippen LogP contribution >= 0.6 is 34.8 Å². The van der Waals surface area contributed by atoms with Crippen LogP contribution in [0.2, 0.25) is 15.1 Å². The predicted molar refractivity (Wildman–Crippen MR) is 138 cm³/mol. The van der Waals surface area contributed by atoms with Crippen LogP contribution in [0.1, 0.15) is 32.8 Å². The monoisotopic (exact) mass is 547 g/mol. The second kappa shape index (κ2) is 12.1. The molecule has 2 aromatic carbocycles. The quantitative estimate of drug-likeness (QED) is 0.464. The van der Waals surface area contributed by atoms with Gasteiger partial charge in [-0.1, -0.05) is 59.9 Å². The Hall–Kier alpha value is -2.00. The highest BCUT2D eigenvalue weighted by Gasteiger charge is 2.32. The lowest BCUT2D eigenvalue weighted by atomic mass is 10.1. The Labute approximate surface area is 216 Å². The van der Waals surface area contributed by atoms with Crippen LogP contribution in [0.4, 0.5) is 5.69 Å². The number of hydrogen-bond donors (Lipinski definition) is 1. The number of anilines is 1. The van der Waals surface area contributed by atoms with Gasteiger partial charge in [0, 0.05) is 17.6 Å². The van der Waals surface area contributed by atoms with Gasteiger partial charge in [-0.15, -0.1) is 0 Å². The van der Waals surface area contributed by atoms with Crippen molar-refractivity contribution in [2.75, 3.05) is 17.1 Å². The van der Waals surface area contributed by atoms with Gasteiger partial charge in [0.2, 0.25) is 21.8 Å². The fraction of sp³-hybridized carbons (Fsp3) is 0.391. The molecule has 7 nitrogen and oxygen atoms in total. The Morgan fingerprint density at radius 1 is 1.00 bits per heavy atom. The van der Waals surface area contributed by atoms with E-state index in [1.165, 1.54) is 23.1 Å². The third-order valence-electron chi connectivity index (χ3n) is 4.99. The van der Waals surface area contributed by atoms with E-state index < -0.39 is 28.5 Å². The highest BCUT2D eigenvalue weighted by molar-refractivity contribution is 7.92. The number of carbonyl (C=O) groups is 2. The van der Waals surface area contributed by atoms with Crippen LogP contribution in [0, 0.1) is 0 Å². The minimum absolute atomic E-state index is 0.0293. The van der Waals surface area contributed by atoms with Crippen LogP contribution in [-0.4, -0.2) is 50.0 Å². The molecule has 34 heavy (non-hydrogen) atoms. The van der Waals surface area contributed by atoms with Crippen molar-refractivity contribution < 1.29 is 18.0 Å². The first-order valence-electron chi connectivity index (χ1n) is 10.6. The summed E-state index contributed by atoms with van der Waals surface area (Å²) in [6.45, 7) is 4.92. The summed E-state index contributed by atoms with van der Waals surface area (Å²) < 4.78 is 26.1. The number of sulfonamides is 1. The summed E-state index contributed by atoms with van der Waals surface area (Å²) in [5, 5.41) is 3.66. The number of nitrogens with one attached hydrogen (secondary N) is 1. The number of halogens is 3. The van der Waals surface area contributed by atoms with Crippen LogP contribution in [0.3, 0.4) is 0 Å². The first-order chi connectivity index (χ1) is 15.8. The minimum atomic E-state index is -3.87. The van der Waals surface area contributed by atoms with Crippen molar-refractivity contribution in [3.63, 3.8) is 0 Å². The zero-order chi connectivity index (χ0) is 25.6. The smallest absolute Gasteiger partial charge is 0.244 e. The van der Waals surface area contributed by atoms with Gasteiger partial charge in [0.15, 0.2) is 0 Å². The van der Waals surface area contributed by atoms with Gasteiger partial charge in [-0.05, 0) is 50.1 Å². The van der Waals surface area contributed by atoms with Crippen molar-refractivity contribution in [3.8, 4) is 0 Å². The topological polar surface area (TPSA) is 86.8 Å². The van der Waals surface area contributed by atoms with Gasteiger partial charge in [0.1, 0.15) is 12.6 Å². The molecule has 0 saturated heterocycles. The van der Waals surface area contributed by atoms with E-state index in [0.29, 0.717) is 17.0 Å². The van der Waals surface area contributed by atoms with Gasteiger partial charge in [-0.2, -0.15) is 0 Å². The number of hydrogen-bond acceptors (Lipinski definition) is 4. The molecule has 186 valence electrons. The molecule has 1 atom stereocenters. The SMILES string of the molecule is CC[C@@H](C(=O)NC(C)C)N(Cc1ccccc1Cl)C(=O)CN(c1ccc(Cl)c(Cl)c1)S(C)(=O)=O. The molecule has 0 aliphatic heterocycles. The Balaban J connectivity index is 2.48. The highest BCUT2D eigenvalue weighted by Crippen LogP contribution is 2.29. The second-order valence-electron chi connectivity index (χ2n) is 8.07. The zero-order valence-corrected chi connectivity index (χ0v) is 22.5. The van der Waals surface area contributed by atoms with Gasteiger partial charge in [-0.25, -0.2) is 8.42 Å². The van der Waals surface area contributed by atoms with Crippen molar-refractivity contribution in [2.45, 2.75) is 45.8 Å². The van der Waals surface area contributed by atoms with Gasteiger partial charge in [-0.3, -0.25) is 13.9 Å². The van der Waals surface area contributed by atoms with E-state index in [-0.39, 0.29) is 34.2 Å². The Morgan fingerprint density at radius 3 is 2.18 bits per heavy atom. The van der Waals surface area contributed by atoms with Gasteiger partial charge >= 0.3 is 0 Å². The van der Waals surface area contributed by atoms with Crippen molar-refractivity contribution in [2.24, 2.45) is 0 Å². The van der Waals surface area contributed by atoms with Gasteiger partial charge in [0.05, 0.1) is 22.0 Å². The van der Waals surface area contributed by atoms with E-state index >= 15 is 0 Å². The molecule has 0 saturated carbocycles. The van der Waals surface area contributed by atoms with E-state index in [2.05, 4.69) is 5.32 Å². The standard InChI is InChI=1S/C23H28Cl3N3O4S/c1-5-21(23(31)27-15(2)3)28(13-16-8-6-7-9-18(16)24)22(30)14-29(34(4,32)33)17-10-11-19(25)20(26)12-17/h6-12,15,21H,5,13-14H2,1-4H3,(H,27,31)/t21-/m0/s1. The Morgan fingerprint density at radius 2 is 1.65 bits per heavy atom. The van der Waals surface area contributed by atoms with Crippen molar-refractivity contribution >= 4 is 62.3 Å². The molecular weight excluding hydrogens is 521 g/mol. The number of benzene rings is 2. The predicted octanol–water partition coefficient (Wildman–Crippen LogP) is 4.74. The second-order valence-corrected chi connectivity index (χ2v) is 11.2. The molecule has 0 radical (unpaired) electrons. The van der Waals surface area contributed by atoms with Gasteiger partial charge in [0.25, 0.3) is 0 Å². The number of amides is 2. The molecule has 0 aromatic heterocycles. The van der Waals surface area contributed by atoms with Crippen LogP contribution in [-0.2, 0) is 26.2 Å². The zero-order valence-electron chi connectivity index (χ0n) is 19.4. The van der Waals surface area contributed by atoms with Crippen molar-refractivity contribution in [3.05, 3.63) is 63.1 Å². The molecule has 1 N–H and O–H groups in total. The number of nitrogens with zero attached hydrogens (tertiary/aromatic N) is 2. The normalized spacial score (nSPS) is 12.4. The number of rotatable bonds is 10. The van der Waals surface area contributed by atoms with Crippen LogP contribution < -0.4 is 9.62 Å². The molecule has 2 rings (SSSR count). The summed E-state index contributed by atoms with van der Waals surface area (Å²) in [6.07, 6.45) is 1.31. The summed E-state index contributed by atoms with van der Waals surface area (Å²) in [7, 11) is -3.87. The fourth-order valence-electron chi connectivity index (χ4n) is 3.36. The summed E-state index contributed by atoms with van der Waals surface area (Å²) in [6, 6.07) is 10.3. The molecular formula is C23H28Cl3N3O4S. The molecule has 0 unspecified atom stereocenters. The van der Waals surface area contributed by atoms with Crippen LogP contribution in [0.5, 0.6) is 0 Å². The molecule has 0 bridgehead atoms. The molecule has 0 heterocycles. The summed E-state index contributed by atoms with van der Waals surface area (Å²) >= 11 is 18.4. The Bertz CT molecular complexity index is 1140. The molecule has 11 heteroatoms. The van der Waals surface area contributed by atoms with E-state index in [9.17, 15) is 18.0 Å². The van der Waals surface area contributed by atoms with E-state index in [0.717, 1.165) is 10.6 Å². The maximum absolute atomic E-state index is 13.6. The maximum atomic E-state index is 13.6. The lowest BCUT2D eigenvalue weighted by molar-refractivity contribution is -0.140. The van der Waals surface area contributed by atoms with E-state index in [4.69, 9.17) is 34.8 Å². The van der Waals surface area contributed by atoms with Gasteiger partial charge < -0.3 is 10.2 Å². The molecule has 0 spiro atoms. The first kappa shape index (κ1) is 28.2. The third-order valence-corrected chi connectivity index (χ3v) is 7.23. The van der Waals surface area contributed by atoms with Crippen LogP contribution in [0.25, 0.3) is 0 Å². The van der Waals surface area contributed by atoms with E-state index in [1.807, 2.05) is 13.8 Å². The van der Waals surface area contributed by atoms with Crippen LogP contribution in [0.15, 0.2) is 42.5 Å². The van der Waals surface area contributed by atoms with E-state index in [1.54, 1.807) is 31.2 Å². The Kier molecular flexibility index (Phi) is 10.1. The molecule has 0 aliphatic carbocycles. The lowest BCUT2D eigenvalue weighted by Gasteiger charge is -2.33. The molecule has 0 fully saturated rings. The highest BCUT2D eigenvalue weighted by atomic mass is 35.5. The van der Waals surface area contributed by atoms with Crippen molar-refractivity contribution in [1.82, 2.24) is 10.2 Å². The third kappa shape index (κ3) is 7.50. The summed E-state index contributed by atoms with van der Waals surface area (Å²) in [5.41, 5.74) is 0.816. The fourth-order valence-corrected chi connectivity index (χ4v) is 4.69.